The van der Waals surface area contributed by atoms with Crippen LogP contribution in [-0.2, 0) is 4.79 Å². The van der Waals surface area contributed by atoms with Crippen molar-refractivity contribution < 1.29 is 14.6 Å². The van der Waals surface area contributed by atoms with E-state index in [1.165, 1.54) is 0 Å². The van der Waals surface area contributed by atoms with Crippen molar-refractivity contribution in [1.82, 2.24) is 5.32 Å². The molecule has 0 spiro atoms. The summed E-state index contributed by atoms with van der Waals surface area (Å²) in [6.07, 6.45) is 1.38. The molecule has 3 N–H and O–H groups in total. The maximum Gasteiger partial charge on any atom is 0.329 e. The minimum atomic E-state index is -0.910. The topological polar surface area (TPSA) is 70.6 Å². The van der Waals surface area contributed by atoms with Gasteiger partial charge in [-0.25, -0.2) is 4.79 Å². The lowest BCUT2D eigenvalue weighted by molar-refractivity contribution is -0.145. The highest BCUT2D eigenvalue weighted by Gasteiger charge is 2.46. The minimum absolute atomic E-state index is 0.0555. The third-order valence-electron chi connectivity index (χ3n) is 4.10. The number of ether oxygens (including phenoxy) is 1. The minimum Gasteiger partial charge on any atom is -0.497 e. The number of methoxy groups -OCH3 is 1. The zero-order chi connectivity index (χ0) is 14.6. The Morgan fingerprint density at radius 3 is 3.05 bits per heavy atom. The second-order valence-electron chi connectivity index (χ2n) is 5.19. The van der Waals surface area contributed by atoms with Gasteiger partial charge < -0.3 is 20.5 Å². The molecule has 1 aliphatic rings. The number of rotatable bonds is 5. The van der Waals surface area contributed by atoms with Crippen LogP contribution in [0.2, 0.25) is 0 Å². The summed E-state index contributed by atoms with van der Waals surface area (Å²) in [6.45, 7) is 3.46. The molecule has 110 valence electrons. The van der Waals surface area contributed by atoms with Gasteiger partial charge in [-0.1, -0.05) is 13.0 Å². The number of hydrogen-bond donors (Lipinski definition) is 3. The zero-order valence-corrected chi connectivity index (χ0v) is 12.0. The summed E-state index contributed by atoms with van der Waals surface area (Å²) in [5.74, 6) is -0.00820. The van der Waals surface area contributed by atoms with Crippen LogP contribution in [0.1, 0.15) is 19.8 Å². The first kappa shape index (κ1) is 14.7. The highest BCUT2D eigenvalue weighted by molar-refractivity contribution is 5.83. The van der Waals surface area contributed by atoms with Crippen LogP contribution in [0.25, 0.3) is 0 Å². The summed E-state index contributed by atoms with van der Waals surface area (Å²) in [6, 6.07) is 7.42. The van der Waals surface area contributed by atoms with Gasteiger partial charge in [0.2, 0.25) is 0 Å². The first-order valence-electron chi connectivity index (χ1n) is 6.98. The molecule has 1 aromatic carbocycles. The quantitative estimate of drug-likeness (QED) is 0.768. The van der Waals surface area contributed by atoms with E-state index < -0.39 is 11.5 Å². The molecule has 0 bridgehead atoms. The Morgan fingerprint density at radius 2 is 2.40 bits per heavy atom. The van der Waals surface area contributed by atoms with Crippen molar-refractivity contribution in [2.45, 2.75) is 25.3 Å². The number of carboxylic acid groups (broad SMARTS) is 1. The molecule has 5 nitrogen and oxygen atoms in total. The van der Waals surface area contributed by atoms with E-state index in [1.807, 2.05) is 31.2 Å². The van der Waals surface area contributed by atoms with Gasteiger partial charge in [-0.3, -0.25) is 0 Å². The highest BCUT2D eigenvalue weighted by atomic mass is 16.5. The molecule has 0 amide bonds. The average molecular weight is 278 g/mol. The van der Waals surface area contributed by atoms with Gasteiger partial charge in [0.25, 0.3) is 0 Å². The Balaban J connectivity index is 2.30. The van der Waals surface area contributed by atoms with Crippen molar-refractivity contribution in [3.63, 3.8) is 0 Å². The molecule has 2 rings (SSSR count). The van der Waals surface area contributed by atoms with Crippen molar-refractivity contribution in [3.8, 4) is 5.75 Å². The number of anilines is 1. The Hall–Kier alpha value is -1.75. The van der Waals surface area contributed by atoms with Crippen molar-refractivity contribution in [3.05, 3.63) is 24.3 Å². The van der Waals surface area contributed by atoms with Crippen LogP contribution in [0.4, 0.5) is 5.69 Å². The lowest BCUT2D eigenvalue weighted by Crippen LogP contribution is -2.59. The van der Waals surface area contributed by atoms with Gasteiger partial charge in [-0.2, -0.15) is 0 Å². The lowest BCUT2D eigenvalue weighted by atomic mass is 9.76. The fourth-order valence-electron chi connectivity index (χ4n) is 2.89. The first-order valence-corrected chi connectivity index (χ1v) is 6.98. The van der Waals surface area contributed by atoms with Crippen molar-refractivity contribution >= 4 is 11.7 Å². The number of piperidine rings is 1. The summed E-state index contributed by atoms with van der Waals surface area (Å²) in [7, 11) is 1.60. The standard InChI is InChI=1S/C15H22N2O3/c1-3-11-10-16-8-7-15(11,14(18)19)17-12-5-4-6-13(9-12)20-2/h4-6,9,11,16-17H,3,7-8,10H2,1-2H3,(H,18,19). The second-order valence-corrected chi connectivity index (χ2v) is 5.19. The second kappa shape index (κ2) is 6.13. The molecule has 5 heteroatoms. The molecule has 2 atom stereocenters. The monoisotopic (exact) mass is 278 g/mol. The lowest BCUT2D eigenvalue weighted by Gasteiger charge is -2.42. The molecule has 0 saturated carbocycles. The van der Waals surface area contributed by atoms with Crippen LogP contribution in [-0.4, -0.2) is 36.8 Å². The molecule has 0 radical (unpaired) electrons. The van der Waals surface area contributed by atoms with E-state index in [2.05, 4.69) is 10.6 Å². The van der Waals surface area contributed by atoms with Gasteiger partial charge in [0.05, 0.1) is 7.11 Å². The molecule has 1 heterocycles. The molecule has 20 heavy (non-hydrogen) atoms. The number of carboxylic acids is 1. The molecule has 0 aliphatic carbocycles. The van der Waals surface area contributed by atoms with E-state index in [0.29, 0.717) is 13.0 Å². The van der Waals surface area contributed by atoms with Crippen LogP contribution in [0, 0.1) is 5.92 Å². The summed E-state index contributed by atoms with van der Waals surface area (Å²) in [5.41, 5.74) is -0.126. The van der Waals surface area contributed by atoms with E-state index in [-0.39, 0.29) is 5.92 Å². The van der Waals surface area contributed by atoms with Crippen LogP contribution in [0.15, 0.2) is 24.3 Å². The largest absolute Gasteiger partial charge is 0.497 e. The van der Waals surface area contributed by atoms with Crippen molar-refractivity contribution in [2.24, 2.45) is 5.92 Å². The average Bonchev–Trinajstić information content (AvgIpc) is 2.47. The fraction of sp³-hybridized carbons (Fsp3) is 0.533. The molecule has 1 aromatic rings. The van der Waals surface area contributed by atoms with Gasteiger partial charge in [0.15, 0.2) is 0 Å². The number of hydrogen-bond acceptors (Lipinski definition) is 4. The molecular formula is C15H22N2O3. The number of aliphatic carboxylic acids is 1. The molecule has 2 unspecified atom stereocenters. The highest BCUT2D eigenvalue weighted by Crippen LogP contribution is 2.32. The maximum atomic E-state index is 11.9. The number of carbonyl (C=O) groups is 1. The van der Waals surface area contributed by atoms with E-state index in [1.54, 1.807) is 7.11 Å². The van der Waals surface area contributed by atoms with Gasteiger partial charge in [-0.05, 0) is 31.5 Å². The smallest absolute Gasteiger partial charge is 0.329 e. The molecule has 0 aromatic heterocycles. The van der Waals surface area contributed by atoms with Gasteiger partial charge in [0, 0.05) is 24.2 Å². The normalized spacial score (nSPS) is 26.0. The van der Waals surface area contributed by atoms with Crippen LogP contribution in [0.5, 0.6) is 5.75 Å². The Labute approximate surface area is 119 Å². The number of nitrogens with one attached hydrogen (secondary N) is 2. The molecule has 1 aliphatic heterocycles. The van der Waals surface area contributed by atoms with Crippen LogP contribution in [0.3, 0.4) is 0 Å². The van der Waals surface area contributed by atoms with Gasteiger partial charge >= 0.3 is 5.97 Å². The van der Waals surface area contributed by atoms with Gasteiger partial charge in [0.1, 0.15) is 11.3 Å². The van der Waals surface area contributed by atoms with Crippen molar-refractivity contribution in [1.29, 1.82) is 0 Å². The first-order chi connectivity index (χ1) is 9.62. The SMILES string of the molecule is CCC1CNCCC1(Nc1cccc(OC)c1)C(=O)O. The van der Waals surface area contributed by atoms with Crippen molar-refractivity contribution in [2.75, 3.05) is 25.5 Å². The Kier molecular flexibility index (Phi) is 4.49. The number of benzene rings is 1. The van der Waals surface area contributed by atoms with E-state index in [0.717, 1.165) is 24.4 Å². The Bertz CT molecular complexity index is 478. The summed E-state index contributed by atoms with van der Waals surface area (Å²) < 4.78 is 5.19. The summed E-state index contributed by atoms with van der Waals surface area (Å²) in [5, 5.41) is 16.3. The van der Waals surface area contributed by atoms with Crippen LogP contribution >= 0.6 is 0 Å². The Morgan fingerprint density at radius 1 is 1.60 bits per heavy atom. The third-order valence-corrected chi connectivity index (χ3v) is 4.10. The summed E-state index contributed by atoms with van der Waals surface area (Å²) >= 11 is 0. The molecular weight excluding hydrogens is 256 g/mol. The van der Waals surface area contributed by atoms with E-state index in [4.69, 9.17) is 4.74 Å². The van der Waals surface area contributed by atoms with E-state index >= 15 is 0 Å². The third kappa shape index (κ3) is 2.72. The predicted molar refractivity (Wildman–Crippen MR) is 78.3 cm³/mol. The fourth-order valence-corrected chi connectivity index (χ4v) is 2.89. The van der Waals surface area contributed by atoms with Gasteiger partial charge in [-0.15, -0.1) is 0 Å². The maximum absolute atomic E-state index is 11.9. The molecule has 1 saturated heterocycles. The molecule has 1 fully saturated rings. The van der Waals surface area contributed by atoms with Crippen LogP contribution < -0.4 is 15.4 Å². The summed E-state index contributed by atoms with van der Waals surface area (Å²) in [4.78, 5) is 11.9. The zero-order valence-electron chi connectivity index (χ0n) is 12.0. The predicted octanol–water partition coefficient (Wildman–Crippen LogP) is 1.95. The van der Waals surface area contributed by atoms with E-state index in [9.17, 15) is 9.90 Å².